The fraction of sp³-hybridized carbons (Fsp3) is 0.0606. The molecule has 2 amide bonds. The quantitative estimate of drug-likeness (QED) is 0.204. The number of amidine groups is 1. The standard InChI is InChI=1S/C33H26N4O3S/c38-31(35-26-14-13-25-17-18-34-29(25)20-26)22-41-33-36-30(32(39)37(33)27-9-5-2-6-10-27)19-23-11-15-28(16-12-23)40-21-24-7-3-1-4-8-24/h1-20,34H,21-22H2,(H,35,38)/b30-19-. The monoisotopic (exact) mass is 558 g/mol. The van der Waals surface area contributed by atoms with Crippen molar-refractivity contribution in [1.82, 2.24) is 4.98 Å². The summed E-state index contributed by atoms with van der Waals surface area (Å²) < 4.78 is 5.88. The maximum atomic E-state index is 13.5. The number of rotatable bonds is 8. The molecule has 5 aromatic rings. The van der Waals surface area contributed by atoms with E-state index in [-0.39, 0.29) is 17.6 Å². The van der Waals surface area contributed by atoms with Crippen LogP contribution in [0.2, 0.25) is 0 Å². The molecule has 0 fully saturated rings. The Kier molecular flexibility index (Phi) is 7.64. The molecule has 1 aromatic heterocycles. The molecule has 2 heterocycles. The molecule has 41 heavy (non-hydrogen) atoms. The topological polar surface area (TPSA) is 86.8 Å². The molecule has 4 aromatic carbocycles. The minimum absolute atomic E-state index is 0.0962. The number of thioether (sulfide) groups is 1. The summed E-state index contributed by atoms with van der Waals surface area (Å²) in [4.78, 5) is 35.6. The van der Waals surface area contributed by atoms with Crippen molar-refractivity contribution in [3.63, 3.8) is 0 Å². The van der Waals surface area contributed by atoms with Crippen molar-refractivity contribution >= 4 is 57.1 Å². The Bertz CT molecular complexity index is 1750. The first-order valence-electron chi connectivity index (χ1n) is 13.1. The normalized spacial score (nSPS) is 14.0. The lowest BCUT2D eigenvalue weighted by Crippen LogP contribution is -2.31. The van der Waals surface area contributed by atoms with Crippen molar-refractivity contribution in [1.29, 1.82) is 0 Å². The van der Waals surface area contributed by atoms with Crippen LogP contribution in [0.4, 0.5) is 11.4 Å². The number of para-hydroxylation sites is 1. The summed E-state index contributed by atoms with van der Waals surface area (Å²) >= 11 is 1.22. The summed E-state index contributed by atoms with van der Waals surface area (Å²) in [5.74, 6) is 0.396. The molecule has 0 aliphatic carbocycles. The molecule has 0 radical (unpaired) electrons. The Labute approximate surface area is 241 Å². The van der Waals surface area contributed by atoms with Gasteiger partial charge in [-0.2, -0.15) is 0 Å². The Morgan fingerprint density at radius 3 is 2.46 bits per heavy atom. The van der Waals surface area contributed by atoms with E-state index in [4.69, 9.17) is 4.74 Å². The maximum absolute atomic E-state index is 13.5. The largest absolute Gasteiger partial charge is 0.489 e. The molecule has 202 valence electrons. The van der Waals surface area contributed by atoms with Gasteiger partial charge in [-0.1, -0.05) is 78.5 Å². The SMILES string of the molecule is O=C(CSC1=N/C(=C\c2ccc(OCc3ccccc3)cc2)C(=O)N1c1ccccc1)Nc1ccc2cc[nH]c2c1. The number of ether oxygens (including phenoxy) is 1. The van der Waals surface area contributed by atoms with Gasteiger partial charge in [0.15, 0.2) is 5.17 Å². The van der Waals surface area contributed by atoms with E-state index in [9.17, 15) is 9.59 Å². The van der Waals surface area contributed by atoms with E-state index in [2.05, 4.69) is 15.3 Å². The minimum atomic E-state index is -0.249. The van der Waals surface area contributed by atoms with Crippen LogP contribution in [-0.2, 0) is 16.2 Å². The van der Waals surface area contributed by atoms with Gasteiger partial charge in [-0.15, -0.1) is 0 Å². The summed E-state index contributed by atoms with van der Waals surface area (Å²) in [6, 6.07) is 34.5. The van der Waals surface area contributed by atoms with Gasteiger partial charge in [0, 0.05) is 17.4 Å². The van der Waals surface area contributed by atoms with Gasteiger partial charge in [-0.25, -0.2) is 4.99 Å². The van der Waals surface area contributed by atoms with E-state index in [1.54, 1.807) is 11.0 Å². The van der Waals surface area contributed by atoms with Crippen LogP contribution in [-0.4, -0.2) is 27.7 Å². The number of anilines is 2. The molecule has 2 N–H and O–H groups in total. The molecule has 0 bridgehead atoms. The number of carbonyl (C=O) groups is 2. The molecule has 0 atom stereocenters. The lowest BCUT2D eigenvalue weighted by Gasteiger charge is -2.17. The van der Waals surface area contributed by atoms with Crippen molar-refractivity contribution in [2.75, 3.05) is 16.0 Å². The third kappa shape index (κ3) is 6.23. The highest BCUT2D eigenvalue weighted by Crippen LogP contribution is 2.30. The highest BCUT2D eigenvalue weighted by Gasteiger charge is 2.32. The van der Waals surface area contributed by atoms with Gasteiger partial charge >= 0.3 is 0 Å². The second kappa shape index (κ2) is 12.0. The van der Waals surface area contributed by atoms with Crippen molar-refractivity contribution in [3.05, 3.63) is 132 Å². The van der Waals surface area contributed by atoms with E-state index in [0.717, 1.165) is 27.8 Å². The number of carbonyl (C=O) groups excluding carboxylic acids is 2. The van der Waals surface area contributed by atoms with Gasteiger partial charge in [0.2, 0.25) is 5.91 Å². The molecule has 7 nitrogen and oxygen atoms in total. The first-order valence-corrected chi connectivity index (χ1v) is 14.1. The van der Waals surface area contributed by atoms with Crippen LogP contribution in [0.1, 0.15) is 11.1 Å². The lowest BCUT2D eigenvalue weighted by atomic mass is 10.2. The number of hydrogen-bond acceptors (Lipinski definition) is 5. The maximum Gasteiger partial charge on any atom is 0.283 e. The molecular formula is C33H26N4O3S. The van der Waals surface area contributed by atoms with Gasteiger partial charge in [0.1, 0.15) is 18.1 Å². The number of fused-ring (bicyclic) bond motifs is 1. The van der Waals surface area contributed by atoms with Crippen molar-refractivity contribution < 1.29 is 14.3 Å². The second-order valence-electron chi connectivity index (χ2n) is 9.36. The van der Waals surface area contributed by atoms with Crippen LogP contribution < -0.4 is 15.0 Å². The fourth-order valence-corrected chi connectivity index (χ4v) is 5.22. The summed E-state index contributed by atoms with van der Waals surface area (Å²) in [5, 5.41) is 4.45. The summed E-state index contributed by atoms with van der Waals surface area (Å²) in [7, 11) is 0. The summed E-state index contributed by atoms with van der Waals surface area (Å²) in [6.07, 6.45) is 3.61. The zero-order valence-electron chi connectivity index (χ0n) is 22.0. The molecule has 6 rings (SSSR count). The number of aromatic nitrogens is 1. The number of aliphatic imine (C=N–C) groups is 1. The van der Waals surface area contributed by atoms with Gasteiger partial charge in [0.05, 0.1) is 11.4 Å². The zero-order valence-corrected chi connectivity index (χ0v) is 22.8. The Morgan fingerprint density at radius 1 is 0.927 bits per heavy atom. The third-order valence-electron chi connectivity index (χ3n) is 6.45. The Morgan fingerprint density at radius 2 is 1.68 bits per heavy atom. The molecule has 0 saturated heterocycles. The average molecular weight is 559 g/mol. The van der Waals surface area contributed by atoms with Crippen LogP contribution in [0.3, 0.4) is 0 Å². The number of benzene rings is 4. The predicted molar refractivity (Wildman–Crippen MR) is 166 cm³/mol. The lowest BCUT2D eigenvalue weighted by molar-refractivity contribution is -0.114. The highest BCUT2D eigenvalue weighted by atomic mass is 32.2. The van der Waals surface area contributed by atoms with E-state index < -0.39 is 0 Å². The van der Waals surface area contributed by atoms with Crippen molar-refractivity contribution in [2.24, 2.45) is 4.99 Å². The van der Waals surface area contributed by atoms with Crippen LogP contribution >= 0.6 is 11.8 Å². The number of nitrogens with one attached hydrogen (secondary N) is 2. The minimum Gasteiger partial charge on any atom is -0.489 e. The highest BCUT2D eigenvalue weighted by molar-refractivity contribution is 8.14. The van der Waals surface area contributed by atoms with Crippen LogP contribution in [0.15, 0.2) is 126 Å². The summed E-state index contributed by atoms with van der Waals surface area (Å²) in [6.45, 7) is 0.477. The molecule has 1 aliphatic rings. The molecule has 0 spiro atoms. The number of amides is 2. The molecule has 0 unspecified atom stereocenters. The van der Waals surface area contributed by atoms with Gasteiger partial charge in [0.25, 0.3) is 5.91 Å². The van der Waals surface area contributed by atoms with Gasteiger partial charge < -0.3 is 15.0 Å². The van der Waals surface area contributed by atoms with Crippen molar-refractivity contribution in [2.45, 2.75) is 6.61 Å². The third-order valence-corrected chi connectivity index (χ3v) is 7.39. The van der Waals surface area contributed by atoms with Gasteiger partial charge in [-0.05, 0) is 65.1 Å². The van der Waals surface area contributed by atoms with E-state index in [0.29, 0.717) is 28.8 Å². The molecular weight excluding hydrogens is 532 g/mol. The number of nitrogens with zero attached hydrogens (tertiary/aromatic N) is 2. The number of aromatic amines is 1. The average Bonchev–Trinajstić information content (AvgIpc) is 3.60. The number of hydrogen-bond donors (Lipinski definition) is 2. The second-order valence-corrected chi connectivity index (χ2v) is 10.3. The van der Waals surface area contributed by atoms with Crippen LogP contribution in [0, 0.1) is 0 Å². The van der Waals surface area contributed by atoms with Crippen LogP contribution in [0.5, 0.6) is 5.75 Å². The van der Waals surface area contributed by atoms with Crippen LogP contribution in [0.25, 0.3) is 17.0 Å². The number of H-pyrrole nitrogens is 1. The Balaban J connectivity index is 1.16. The van der Waals surface area contributed by atoms with E-state index in [1.807, 2.05) is 115 Å². The first kappa shape index (κ1) is 26.2. The Hall–Kier alpha value is -5.08. The van der Waals surface area contributed by atoms with E-state index >= 15 is 0 Å². The first-order chi connectivity index (χ1) is 20.1. The van der Waals surface area contributed by atoms with Crippen molar-refractivity contribution in [3.8, 4) is 5.75 Å². The van der Waals surface area contributed by atoms with Gasteiger partial charge in [-0.3, -0.25) is 14.5 Å². The zero-order chi connectivity index (χ0) is 28.0. The summed E-state index contributed by atoms with van der Waals surface area (Å²) in [5.41, 5.74) is 4.54. The van der Waals surface area contributed by atoms with E-state index in [1.165, 1.54) is 11.8 Å². The smallest absolute Gasteiger partial charge is 0.283 e. The fourth-order valence-electron chi connectivity index (χ4n) is 4.41. The predicted octanol–water partition coefficient (Wildman–Crippen LogP) is 6.86. The molecule has 0 saturated carbocycles. The molecule has 1 aliphatic heterocycles. The molecule has 8 heteroatoms.